The van der Waals surface area contributed by atoms with E-state index < -0.39 is 0 Å². The van der Waals surface area contributed by atoms with Crippen molar-refractivity contribution in [2.45, 2.75) is 38.0 Å². The van der Waals surface area contributed by atoms with Gasteiger partial charge in [0.05, 0.1) is 12.2 Å². The lowest BCUT2D eigenvalue weighted by molar-refractivity contribution is 0.192. The molecule has 2 aliphatic rings. The lowest BCUT2D eigenvalue weighted by atomic mass is 9.96. The minimum absolute atomic E-state index is 0.312. The standard InChI is InChI=1S/C14H16N2O2S/c1-2-4-12-10(3-1)11(8-19-12)14-15-13(16-18-14)9-5-6-17-7-9/h8-9H,1-7H2/t9-/m0/s1. The first-order valence-corrected chi connectivity index (χ1v) is 7.81. The van der Waals surface area contributed by atoms with E-state index in [1.807, 2.05) is 11.3 Å². The summed E-state index contributed by atoms with van der Waals surface area (Å²) in [6, 6.07) is 0. The van der Waals surface area contributed by atoms with Crippen LogP contribution >= 0.6 is 11.3 Å². The summed E-state index contributed by atoms with van der Waals surface area (Å²) in [6.07, 6.45) is 5.94. The minimum Gasteiger partial charge on any atom is -0.381 e. The van der Waals surface area contributed by atoms with Crippen LogP contribution in [0.5, 0.6) is 0 Å². The van der Waals surface area contributed by atoms with Crippen molar-refractivity contribution in [2.75, 3.05) is 13.2 Å². The molecule has 0 bridgehead atoms. The van der Waals surface area contributed by atoms with Gasteiger partial charge in [-0.15, -0.1) is 11.3 Å². The third kappa shape index (κ3) is 2.01. The fourth-order valence-electron chi connectivity index (χ4n) is 2.92. The highest BCUT2D eigenvalue weighted by molar-refractivity contribution is 7.10. The van der Waals surface area contributed by atoms with Gasteiger partial charge in [-0.05, 0) is 37.7 Å². The van der Waals surface area contributed by atoms with Crippen LogP contribution in [0.3, 0.4) is 0 Å². The Balaban J connectivity index is 1.67. The predicted octanol–water partition coefficient (Wildman–Crippen LogP) is 3.18. The summed E-state index contributed by atoms with van der Waals surface area (Å²) in [5.41, 5.74) is 2.60. The Morgan fingerprint density at radius 3 is 3.11 bits per heavy atom. The fraction of sp³-hybridized carbons (Fsp3) is 0.571. The SMILES string of the molecule is c1sc2c(c1-c1nc([C@H]3CCOC3)no1)CCCC2. The molecule has 0 aromatic carbocycles. The third-order valence-corrected chi connectivity index (χ3v) is 5.12. The molecule has 0 radical (unpaired) electrons. The third-order valence-electron chi connectivity index (χ3n) is 4.03. The molecule has 4 rings (SSSR count). The highest BCUT2D eigenvalue weighted by Crippen LogP contribution is 2.36. The van der Waals surface area contributed by atoms with E-state index in [9.17, 15) is 0 Å². The van der Waals surface area contributed by atoms with Crippen molar-refractivity contribution in [3.8, 4) is 11.5 Å². The Labute approximate surface area is 115 Å². The Kier molecular flexibility index (Phi) is 2.89. The average Bonchev–Trinajstić information content (AvgIpc) is 3.18. The first kappa shape index (κ1) is 11.6. The molecule has 5 heteroatoms. The molecule has 1 atom stereocenters. The Morgan fingerprint density at radius 2 is 2.21 bits per heavy atom. The number of nitrogens with zero attached hydrogens (tertiary/aromatic N) is 2. The van der Waals surface area contributed by atoms with Gasteiger partial charge in [-0.1, -0.05) is 5.16 Å². The van der Waals surface area contributed by atoms with Crippen LogP contribution in [-0.4, -0.2) is 23.4 Å². The van der Waals surface area contributed by atoms with Gasteiger partial charge in [0.2, 0.25) is 0 Å². The highest BCUT2D eigenvalue weighted by Gasteiger charge is 2.25. The number of fused-ring (bicyclic) bond motifs is 1. The second-order valence-electron chi connectivity index (χ2n) is 5.28. The summed E-state index contributed by atoms with van der Waals surface area (Å²) < 4.78 is 10.9. The van der Waals surface area contributed by atoms with Crippen LogP contribution in [0.1, 0.15) is 41.4 Å². The van der Waals surface area contributed by atoms with E-state index in [2.05, 4.69) is 15.5 Å². The Hall–Kier alpha value is -1.20. The van der Waals surface area contributed by atoms with Crippen LogP contribution in [0, 0.1) is 0 Å². The molecule has 100 valence electrons. The normalized spacial score (nSPS) is 22.6. The van der Waals surface area contributed by atoms with Gasteiger partial charge in [0.1, 0.15) is 0 Å². The largest absolute Gasteiger partial charge is 0.381 e. The van der Waals surface area contributed by atoms with Crippen molar-refractivity contribution in [1.82, 2.24) is 10.1 Å². The Morgan fingerprint density at radius 1 is 1.26 bits per heavy atom. The molecule has 1 saturated heterocycles. The van der Waals surface area contributed by atoms with E-state index in [-0.39, 0.29) is 0 Å². The molecular weight excluding hydrogens is 260 g/mol. The average molecular weight is 276 g/mol. The number of thiophene rings is 1. The quantitative estimate of drug-likeness (QED) is 0.845. The predicted molar refractivity (Wildman–Crippen MR) is 72.4 cm³/mol. The summed E-state index contributed by atoms with van der Waals surface area (Å²) in [7, 11) is 0. The molecule has 2 aromatic heterocycles. The lowest BCUT2D eigenvalue weighted by Crippen LogP contribution is -2.00. The lowest BCUT2D eigenvalue weighted by Gasteiger charge is -2.10. The summed E-state index contributed by atoms with van der Waals surface area (Å²) in [4.78, 5) is 6.10. The summed E-state index contributed by atoms with van der Waals surface area (Å²) in [6.45, 7) is 1.53. The van der Waals surface area contributed by atoms with Gasteiger partial charge in [0, 0.05) is 22.8 Å². The zero-order valence-electron chi connectivity index (χ0n) is 10.7. The Bertz CT molecular complexity index is 584. The molecule has 3 heterocycles. The van der Waals surface area contributed by atoms with Gasteiger partial charge < -0.3 is 9.26 Å². The van der Waals surface area contributed by atoms with Crippen molar-refractivity contribution in [2.24, 2.45) is 0 Å². The van der Waals surface area contributed by atoms with E-state index >= 15 is 0 Å². The van der Waals surface area contributed by atoms with Crippen molar-refractivity contribution in [3.63, 3.8) is 0 Å². The smallest absolute Gasteiger partial charge is 0.259 e. The fourth-order valence-corrected chi connectivity index (χ4v) is 4.04. The number of aromatic nitrogens is 2. The van der Waals surface area contributed by atoms with Crippen LogP contribution in [0.4, 0.5) is 0 Å². The summed E-state index contributed by atoms with van der Waals surface area (Å²) in [5, 5.41) is 6.32. The van der Waals surface area contributed by atoms with Gasteiger partial charge in [0.15, 0.2) is 5.82 Å². The van der Waals surface area contributed by atoms with Crippen molar-refractivity contribution in [3.05, 3.63) is 21.6 Å². The van der Waals surface area contributed by atoms with Crippen LogP contribution < -0.4 is 0 Å². The second kappa shape index (κ2) is 4.72. The van der Waals surface area contributed by atoms with Crippen LogP contribution in [-0.2, 0) is 17.6 Å². The molecule has 1 fully saturated rings. The molecule has 0 spiro atoms. The van der Waals surface area contributed by atoms with E-state index in [0.717, 1.165) is 37.4 Å². The topological polar surface area (TPSA) is 48.2 Å². The van der Waals surface area contributed by atoms with Crippen LogP contribution in [0.2, 0.25) is 0 Å². The number of hydrogen-bond donors (Lipinski definition) is 0. The van der Waals surface area contributed by atoms with E-state index in [0.29, 0.717) is 11.8 Å². The van der Waals surface area contributed by atoms with Gasteiger partial charge in [-0.25, -0.2) is 0 Å². The van der Waals surface area contributed by atoms with Gasteiger partial charge in [0.25, 0.3) is 5.89 Å². The van der Waals surface area contributed by atoms with Crippen molar-refractivity contribution >= 4 is 11.3 Å². The summed E-state index contributed by atoms with van der Waals surface area (Å²) >= 11 is 1.84. The van der Waals surface area contributed by atoms with E-state index in [1.165, 1.54) is 29.7 Å². The molecule has 0 saturated carbocycles. The number of rotatable bonds is 2. The van der Waals surface area contributed by atoms with Crippen molar-refractivity contribution in [1.29, 1.82) is 0 Å². The second-order valence-corrected chi connectivity index (χ2v) is 6.24. The number of aryl methyl sites for hydroxylation is 1. The van der Waals surface area contributed by atoms with Gasteiger partial charge in [-0.3, -0.25) is 0 Å². The molecular formula is C14H16N2O2S. The van der Waals surface area contributed by atoms with Crippen molar-refractivity contribution < 1.29 is 9.26 Å². The number of ether oxygens (including phenoxy) is 1. The van der Waals surface area contributed by atoms with Crippen LogP contribution in [0.25, 0.3) is 11.5 Å². The molecule has 19 heavy (non-hydrogen) atoms. The zero-order chi connectivity index (χ0) is 12.7. The molecule has 4 nitrogen and oxygen atoms in total. The maximum Gasteiger partial charge on any atom is 0.259 e. The summed E-state index contributed by atoms with van der Waals surface area (Å²) in [5.74, 6) is 1.82. The van der Waals surface area contributed by atoms with Gasteiger partial charge >= 0.3 is 0 Å². The highest BCUT2D eigenvalue weighted by atomic mass is 32.1. The monoisotopic (exact) mass is 276 g/mol. The first-order valence-electron chi connectivity index (χ1n) is 6.93. The molecule has 2 aromatic rings. The van der Waals surface area contributed by atoms with E-state index in [1.54, 1.807) is 0 Å². The molecule has 1 aliphatic carbocycles. The molecule has 1 aliphatic heterocycles. The zero-order valence-corrected chi connectivity index (χ0v) is 11.5. The molecule has 0 N–H and O–H groups in total. The van der Waals surface area contributed by atoms with Gasteiger partial charge in [-0.2, -0.15) is 4.98 Å². The van der Waals surface area contributed by atoms with Crippen LogP contribution in [0.15, 0.2) is 9.90 Å². The molecule has 0 amide bonds. The first-order chi connectivity index (χ1) is 9.42. The molecule has 0 unspecified atom stereocenters. The minimum atomic E-state index is 0.312. The maximum atomic E-state index is 5.48. The van der Waals surface area contributed by atoms with E-state index in [4.69, 9.17) is 9.26 Å². The number of hydrogen-bond acceptors (Lipinski definition) is 5. The maximum absolute atomic E-state index is 5.48.